The number of aromatic nitrogens is 3. The van der Waals surface area contributed by atoms with E-state index in [-0.39, 0.29) is 12.5 Å². The number of carbonyl (C=O) groups excluding carboxylic acids is 1. The zero-order chi connectivity index (χ0) is 20.0. The molecule has 8 heteroatoms. The topological polar surface area (TPSA) is 80.5 Å². The molecule has 1 unspecified atom stereocenters. The Morgan fingerprint density at radius 3 is 3.00 bits per heavy atom. The smallest absolute Gasteiger partial charge is 0.222 e. The van der Waals surface area contributed by atoms with Crippen molar-refractivity contribution in [3.8, 4) is 5.75 Å². The molecule has 2 heterocycles. The zero-order valence-electron chi connectivity index (χ0n) is 16.2. The third-order valence-corrected chi connectivity index (χ3v) is 5.41. The summed E-state index contributed by atoms with van der Waals surface area (Å²) in [6, 6.07) is 5.58. The summed E-state index contributed by atoms with van der Waals surface area (Å²) >= 11 is 6.17. The van der Waals surface area contributed by atoms with Gasteiger partial charge in [-0.15, -0.1) is 0 Å². The van der Waals surface area contributed by atoms with Gasteiger partial charge in [0.2, 0.25) is 5.91 Å². The van der Waals surface area contributed by atoms with Crippen LogP contribution >= 0.6 is 11.6 Å². The Hall–Kier alpha value is -2.12. The molecule has 1 saturated heterocycles. The Bertz CT molecular complexity index is 784. The summed E-state index contributed by atoms with van der Waals surface area (Å²) in [7, 11) is 0. The summed E-state index contributed by atoms with van der Waals surface area (Å²) < 4.78 is 7.54. The van der Waals surface area contributed by atoms with Crippen molar-refractivity contribution in [1.82, 2.24) is 19.7 Å². The minimum atomic E-state index is -0.956. The molecule has 3 rings (SSSR count). The first-order valence-corrected chi connectivity index (χ1v) is 10.0. The number of ether oxygens (including phenoxy) is 1. The standard InChI is InChI=1S/C20H27ClN4O3/c1-16-5-6-17(21)18(12-16)28-13-20(27)7-3-9-24(11-8-20)19(26)4-2-10-25-15-22-14-23-25/h5-6,12,14-15,27H,2-4,7-11,13H2,1H3. The van der Waals surface area contributed by atoms with Crippen LogP contribution in [0.15, 0.2) is 30.9 Å². The van der Waals surface area contributed by atoms with Crippen molar-refractivity contribution in [2.45, 2.75) is 51.2 Å². The number of hydrogen-bond donors (Lipinski definition) is 1. The first kappa shape index (κ1) is 20.6. The van der Waals surface area contributed by atoms with E-state index in [0.29, 0.717) is 49.7 Å². The number of likely N-dealkylation sites (tertiary alicyclic amines) is 1. The molecule has 1 amide bonds. The first-order valence-electron chi connectivity index (χ1n) is 9.67. The summed E-state index contributed by atoms with van der Waals surface area (Å²) in [6.45, 7) is 4.01. The molecule has 0 saturated carbocycles. The van der Waals surface area contributed by atoms with E-state index < -0.39 is 5.60 Å². The summed E-state index contributed by atoms with van der Waals surface area (Å²) in [6.07, 6.45) is 6.16. The average molecular weight is 407 g/mol. The van der Waals surface area contributed by atoms with Gasteiger partial charge in [0.1, 0.15) is 30.6 Å². The van der Waals surface area contributed by atoms with Gasteiger partial charge in [0.15, 0.2) is 0 Å². The maximum absolute atomic E-state index is 12.5. The van der Waals surface area contributed by atoms with Crippen molar-refractivity contribution < 1.29 is 14.6 Å². The highest BCUT2D eigenvalue weighted by molar-refractivity contribution is 6.32. The predicted molar refractivity (Wildman–Crippen MR) is 106 cm³/mol. The Morgan fingerprint density at radius 1 is 1.36 bits per heavy atom. The summed E-state index contributed by atoms with van der Waals surface area (Å²) in [5, 5.41) is 15.5. The second kappa shape index (κ2) is 9.39. The highest BCUT2D eigenvalue weighted by atomic mass is 35.5. The van der Waals surface area contributed by atoms with E-state index in [1.54, 1.807) is 17.1 Å². The molecule has 1 fully saturated rings. The summed E-state index contributed by atoms with van der Waals surface area (Å²) in [4.78, 5) is 18.2. The summed E-state index contributed by atoms with van der Waals surface area (Å²) in [5.41, 5.74) is 0.0953. The molecule has 1 aliphatic rings. The molecule has 28 heavy (non-hydrogen) atoms. The van der Waals surface area contributed by atoms with E-state index in [2.05, 4.69) is 10.1 Å². The van der Waals surface area contributed by atoms with Crippen LogP contribution in [0, 0.1) is 6.92 Å². The lowest BCUT2D eigenvalue weighted by Gasteiger charge is -2.27. The number of amides is 1. The normalized spacial score (nSPS) is 20.0. The summed E-state index contributed by atoms with van der Waals surface area (Å²) in [5.74, 6) is 0.701. The fourth-order valence-corrected chi connectivity index (χ4v) is 3.58. The van der Waals surface area contributed by atoms with Gasteiger partial charge >= 0.3 is 0 Å². The number of nitrogens with zero attached hydrogens (tertiary/aromatic N) is 4. The van der Waals surface area contributed by atoms with Crippen LogP contribution in [-0.4, -0.2) is 56.0 Å². The van der Waals surface area contributed by atoms with E-state index in [1.807, 2.05) is 24.0 Å². The minimum Gasteiger partial charge on any atom is -0.489 e. The van der Waals surface area contributed by atoms with Crippen LogP contribution < -0.4 is 4.74 Å². The molecule has 0 spiro atoms. The Labute approximate surface area is 170 Å². The van der Waals surface area contributed by atoms with E-state index in [1.165, 1.54) is 6.33 Å². The Balaban J connectivity index is 1.47. The van der Waals surface area contributed by atoms with Crippen molar-refractivity contribution in [3.63, 3.8) is 0 Å². The van der Waals surface area contributed by atoms with Gasteiger partial charge in [0, 0.05) is 26.1 Å². The van der Waals surface area contributed by atoms with Gasteiger partial charge in [0.05, 0.1) is 5.02 Å². The lowest BCUT2D eigenvalue weighted by molar-refractivity contribution is -0.131. The molecule has 0 aliphatic carbocycles. The van der Waals surface area contributed by atoms with Gasteiger partial charge in [-0.25, -0.2) is 4.98 Å². The second-order valence-corrected chi connectivity index (χ2v) is 7.85. The molecule has 7 nitrogen and oxygen atoms in total. The van der Waals surface area contributed by atoms with Gasteiger partial charge in [0.25, 0.3) is 0 Å². The van der Waals surface area contributed by atoms with Gasteiger partial charge < -0.3 is 14.7 Å². The molecule has 1 atom stereocenters. The average Bonchev–Trinajstić information content (AvgIpc) is 3.11. The molecule has 1 aliphatic heterocycles. The Kier molecular flexibility index (Phi) is 6.91. The SMILES string of the molecule is Cc1ccc(Cl)c(OCC2(O)CCCN(C(=O)CCCn3cncn3)CC2)c1. The van der Waals surface area contributed by atoms with E-state index in [0.717, 1.165) is 18.4 Å². The quantitative estimate of drug-likeness (QED) is 0.764. The van der Waals surface area contributed by atoms with Crippen molar-refractivity contribution >= 4 is 17.5 Å². The van der Waals surface area contributed by atoms with Gasteiger partial charge in [-0.3, -0.25) is 9.48 Å². The molecule has 152 valence electrons. The minimum absolute atomic E-state index is 0.118. The molecule has 0 radical (unpaired) electrons. The van der Waals surface area contributed by atoms with Crippen LogP contribution in [-0.2, 0) is 11.3 Å². The first-order chi connectivity index (χ1) is 13.5. The third-order valence-electron chi connectivity index (χ3n) is 5.10. The van der Waals surface area contributed by atoms with Crippen molar-refractivity contribution in [3.05, 3.63) is 41.4 Å². The lowest BCUT2D eigenvalue weighted by atomic mass is 9.96. The van der Waals surface area contributed by atoms with Crippen molar-refractivity contribution in [2.24, 2.45) is 0 Å². The van der Waals surface area contributed by atoms with Gasteiger partial charge in [-0.05, 0) is 50.3 Å². The highest BCUT2D eigenvalue weighted by Gasteiger charge is 2.32. The van der Waals surface area contributed by atoms with E-state index in [9.17, 15) is 9.90 Å². The zero-order valence-corrected chi connectivity index (χ0v) is 16.9. The number of hydrogen-bond acceptors (Lipinski definition) is 5. The van der Waals surface area contributed by atoms with Crippen LogP contribution in [0.4, 0.5) is 0 Å². The number of benzene rings is 1. The number of aliphatic hydroxyl groups is 1. The number of carbonyl (C=O) groups is 1. The maximum atomic E-state index is 12.5. The number of aryl methyl sites for hydroxylation is 2. The van der Waals surface area contributed by atoms with Crippen molar-refractivity contribution in [2.75, 3.05) is 19.7 Å². The van der Waals surface area contributed by atoms with Crippen LogP contribution in [0.1, 0.15) is 37.7 Å². The molecule has 0 bridgehead atoms. The predicted octanol–water partition coefficient (Wildman–Crippen LogP) is 2.84. The molecule has 1 aromatic heterocycles. The van der Waals surface area contributed by atoms with Crippen molar-refractivity contribution in [1.29, 1.82) is 0 Å². The van der Waals surface area contributed by atoms with Crippen LogP contribution in [0.2, 0.25) is 5.02 Å². The van der Waals surface area contributed by atoms with Crippen LogP contribution in [0.5, 0.6) is 5.75 Å². The van der Waals surface area contributed by atoms with E-state index >= 15 is 0 Å². The Morgan fingerprint density at radius 2 is 2.21 bits per heavy atom. The lowest BCUT2D eigenvalue weighted by Crippen LogP contribution is -2.38. The third kappa shape index (κ3) is 5.69. The fraction of sp³-hybridized carbons (Fsp3) is 0.550. The molecule has 1 aromatic carbocycles. The second-order valence-electron chi connectivity index (χ2n) is 7.44. The highest BCUT2D eigenvalue weighted by Crippen LogP contribution is 2.29. The molecule has 2 aromatic rings. The fourth-order valence-electron chi connectivity index (χ4n) is 3.40. The number of halogens is 1. The van der Waals surface area contributed by atoms with Crippen LogP contribution in [0.3, 0.4) is 0 Å². The monoisotopic (exact) mass is 406 g/mol. The maximum Gasteiger partial charge on any atom is 0.222 e. The van der Waals surface area contributed by atoms with E-state index in [4.69, 9.17) is 16.3 Å². The molecule has 1 N–H and O–H groups in total. The van der Waals surface area contributed by atoms with Gasteiger partial charge in [-0.2, -0.15) is 5.10 Å². The molecular weight excluding hydrogens is 380 g/mol. The number of rotatable bonds is 7. The van der Waals surface area contributed by atoms with Gasteiger partial charge in [-0.1, -0.05) is 17.7 Å². The molecular formula is C20H27ClN4O3. The largest absolute Gasteiger partial charge is 0.489 e. The van der Waals surface area contributed by atoms with Crippen LogP contribution in [0.25, 0.3) is 0 Å².